The number of aliphatic hydroxyl groups excluding tert-OH is 1. The smallest absolute Gasteiger partial charge is 0.274 e. The summed E-state index contributed by atoms with van der Waals surface area (Å²) in [6.45, 7) is 2.95. The first kappa shape index (κ1) is 13.1. The lowest BCUT2D eigenvalue weighted by Gasteiger charge is -2.23. The second-order valence-electron chi connectivity index (χ2n) is 4.96. The molecule has 1 aromatic heterocycles. The number of amides is 1. The first-order chi connectivity index (χ1) is 8.63. The predicted octanol–water partition coefficient (Wildman–Crippen LogP) is 1.11. The summed E-state index contributed by atoms with van der Waals surface area (Å²) < 4.78 is 1.73. The van der Waals surface area contributed by atoms with E-state index in [1.54, 1.807) is 4.68 Å². The number of aliphatic hydroxyl groups is 1. The van der Waals surface area contributed by atoms with Crippen molar-refractivity contribution in [2.45, 2.75) is 38.6 Å². The van der Waals surface area contributed by atoms with Crippen molar-refractivity contribution < 1.29 is 9.90 Å². The second kappa shape index (κ2) is 5.52. The lowest BCUT2D eigenvalue weighted by Crippen LogP contribution is -2.35. The van der Waals surface area contributed by atoms with Gasteiger partial charge in [0.2, 0.25) is 0 Å². The van der Waals surface area contributed by atoms with E-state index in [-0.39, 0.29) is 18.6 Å². The fraction of sp³-hybridized carbons (Fsp3) is 0.692. The van der Waals surface area contributed by atoms with Crippen LogP contribution in [0.4, 0.5) is 0 Å². The normalized spacial score (nSPS) is 19.5. The molecular formula is C13H21N3O2. The van der Waals surface area contributed by atoms with Gasteiger partial charge in [0, 0.05) is 31.9 Å². The number of likely N-dealkylation sites (tertiary alicyclic amines) is 1. The van der Waals surface area contributed by atoms with Crippen molar-refractivity contribution in [3.63, 3.8) is 0 Å². The first-order valence-electron chi connectivity index (χ1n) is 6.56. The molecule has 0 bridgehead atoms. The molecule has 0 saturated carbocycles. The third-order valence-electron chi connectivity index (χ3n) is 3.67. The standard InChI is InChI=1S/C13H21N3O2/c1-10-9-12(14-15(10)2)13(18)16-7-3-5-11(16)6-4-8-17/h9,11,17H,3-8H2,1-2H3. The average Bonchev–Trinajstić information content (AvgIpc) is 2.94. The van der Waals surface area contributed by atoms with Crippen molar-refractivity contribution in [3.05, 3.63) is 17.5 Å². The van der Waals surface area contributed by atoms with Crippen LogP contribution in [0.1, 0.15) is 41.9 Å². The maximum atomic E-state index is 12.4. The van der Waals surface area contributed by atoms with Gasteiger partial charge < -0.3 is 10.0 Å². The zero-order valence-electron chi connectivity index (χ0n) is 11.1. The van der Waals surface area contributed by atoms with Crippen LogP contribution in [0.5, 0.6) is 0 Å². The topological polar surface area (TPSA) is 58.4 Å². The van der Waals surface area contributed by atoms with E-state index in [0.29, 0.717) is 5.69 Å². The Morgan fingerprint density at radius 3 is 3.00 bits per heavy atom. The molecule has 1 aliphatic rings. The van der Waals surface area contributed by atoms with Crippen molar-refractivity contribution in [1.82, 2.24) is 14.7 Å². The highest BCUT2D eigenvalue weighted by Crippen LogP contribution is 2.23. The number of aryl methyl sites for hydroxylation is 2. The van der Waals surface area contributed by atoms with Crippen molar-refractivity contribution in [2.75, 3.05) is 13.2 Å². The third-order valence-corrected chi connectivity index (χ3v) is 3.67. The summed E-state index contributed by atoms with van der Waals surface area (Å²) in [6.07, 6.45) is 3.73. The molecule has 1 saturated heterocycles. The van der Waals surface area contributed by atoms with Gasteiger partial charge in [0.05, 0.1) is 0 Å². The highest BCUT2D eigenvalue weighted by atomic mass is 16.3. The van der Waals surface area contributed by atoms with Gasteiger partial charge in [0.1, 0.15) is 0 Å². The number of aromatic nitrogens is 2. The van der Waals surface area contributed by atoms with Crippen LogP contribution < -0.4 is 0 Å². The molecule has 1 fully saturated rings. The Morgan fingerprint density at radius 2 is 2.39 bits per heavy atom. The molecule has 0 aromatic carbocycles. The molecule has 1 atom stereocenters. The van der Waals surface area contributed by atoms with Crippen LogP contribution >= 0.6 is 0 Å². The summed E-state index contributed by atoms with van der Waals surface area (Å²) >= 11 is 0. The van der Waals surface area contributed by atoms with E-state index in [1.165, 1.54) is 0 Å². The molecule has 18 heavy (non-hydrogen) atoms. The van der Waals surface area contributed by atoms with Crippen molar-refractivity contribution in [3.8, 4) is 0 Å². The molecule has 5 nitrogen and oxygen atoms in total. The molecule has 0 radical (unpaired) electrons. The predicted molar refractivity (Wildman–Crippen MR) is 68.3 cm³/mol. The van der Waals surface area contributed by atoms with Crippen LogP contribution in [0.3, 0.4) is 0 Å². The Bertz CT molecular complexity index is 408. The summed E-state index contributed by atoms with van der Waals surface area (Å²) in [6, 6.07) is 2.11. The Morgan fingerprint density at radius 1 is 1.61 bits per heavy atom. The number of rotatable bonds is 4. The highest BCUT2D eigenvalue weighted by molar-refractivity contribution is 5.92. The van der Waals surface area contributed by atoms with Gasteiger partial charge >= 0.3 is 0 Å². The van der Waals surface area contributed by atoms with E-state index in [0.717, 1.165) is 37.9 Å². The van der Waals surface area contributed by atoms with Crippen LogP contribution in [0, 0.1) is 6.92 Å². The molecule has 2 rings (SSSR count). The Balaban J connectivity index is 2.07. The molecule has 100 valence electrons. The number of carbonyl (C=O) groups is 1. The fourth-order valence-electron chi connectivity index (χ4n) is 2.54. The maximum Gasteiger partial charge on any atom is 0.274 e. The molecule has 1 aromatic rings. The van der Waals surface area contributed by atoms with E-state index in [2.05, 4.69) is 5.10 Å². The first-order valence-corrected chi connectivity index (χ1v) is 6.56. The summed E-state index contributed by atoms with van der Waals surface area (Å²) in [5.74, 6) is 0.0270. The lowest BCUT2D eigenvalue weighted by atomic mass is 10.1. The van der Waals surface area contributed by atoms with Crippen LogP contribution in [0.25, 0.3) is 0 Å². The Labute approximate surface area is 107 Å². The minimum Gasteiger partial charge on any atom is -0.396 e. The molecule has 1 amide bonds. The Hall–Kier alpha value is -1.36. The van der Waals surface area contributed by atoms with E-state index in [4.69, 9.17) is 5.11 Å². The van der Waals surface area contributed by atoms with E-state index in [9.17, 15) is 4.79 Å². The van der Waals surface area contributed by atoms with Gasteiger partial charge in [-0.2, -0.15) is 5.10 Å². The van der Waals surface area contributed by atoms with Crippen LogP contribution in [0.15, 0.2) is 6.07 Å². The van der Waals surface area contributed by atoms with Crippen molar-refractivity contribution in [2.24, 2.45) is 7.05 Å². The summed E-state index contributed by atoms with van der Waals surface area (Å²) in [7, 11) is 1.85. The van der Waals surface area contributed by atoms with Crippen LogP contribution in [0.2, 0.25) is 0 Å². The number of hydrogen-bond acceptors (Lipinski definition) is 3. The molecule has 2 heterocycles. The zero-order valence-corrected chi connectivity index (χ0v) is 11.1. The maximum absolute atomic E-state index is 12.4. The third kappa shape index (κ3) is 2.56. The molecular weight excluding hydrogens is 230 g/mol. The van der Waals surface area contributed by atoms with E-state index in [1.807, 2.05) is 24.9 Å². The van der Waals surface area contributed by atoms with Gasteiger partial charge in [-0.1, -0.05) is 0 Å². The van der Waals surface area contributed by atoms with Crippen LogP contribution in [-0.2, 0) is 7.05 Å². The molecule has 1 aliphatic heterocycles. The monoisotopic (exact) mass is 251 g/mol. The SMILES string of the molecule is Cc1cc(C(=O)N2CCCC2CCCO)nn1C. The Kier molecular flexibility index (Phi) is 4.01. The second-order valence-corrected chi connectivity index (χ2v) is 4.96. The van der Waals surface area contributed by atoms with Crippen molar-refractivity contribution >= 4 is 5.91 Å². The summed E-state index contributed by atoms with van der Waals surface area (Å²) in [4.78, 5) is 14.3. The highest BCUT2D eigenvalue weighted by Gasteiger charge is 2.30. The van der Waals surface area contributed by atoms with Gasteiger partial charge in [-0.05, 0) is 38.7 Å². The minimum atomic E-state index is 0.0270. The largest absolute Gasteiger partial charge is 0.396 e. The van der Waals surface area contributed by atoms with Gasteiger partial charge in [-0.15, -0.1) is 0 Å². The lowest BCUT2D eigenvalue weighted by molar-refractivity contribution is 0.0717. The van der Waals surface area contributed by atoms with Gasteiger partial charge in [-0.25, -0.2) is 0 Å². The van der Waals surface area contributed by atoms with Gasteiger partial charge in [0.25, 0.3) is 5.91 Å². The van der Waals surface area contributed by atoms with Crippen LogP contribution in [-0.4, -0.2) is 44.9 Å². The van der Waals surface area contributed by atoms with Crippen molar-refractivity contribution in [1.29, 1.82) is 0 Å². The van der Waals surface area contributed by atoms with Gasteiger partial charge in [-0.3, -0.25) is 9.48 Å². The average molecular weight is 251 g/mol. The van der Waals surface area contributed by atoms with E-state index < -0.39 is 0 Å². The minimum absolute atomic E-state index is 0.0270. The van der Waals surface area contributed by atoms with E-state index >= 15 is 0 Å². The number of nitrogens with zero attached hydrogens (tertiary/aromatic N) is 3. The zero-order chi connectivity index (χ0) is 13.1. The quantitative estimate of drug-likeness (QED) is 0.872. The molecule has 5 heteroatoms. The molecule has 1 unspecified atom stereocenters. The molecule has 0 spiro atoms. The number of carbonyl (C=O) groups excluding carboxylic acids is 1. The summed E-state index contributed by atoms with van der Waals surface area (Å²) in [5, 5.41) is 13.1. The molecule has 0 aliphatic carbocycles. The number of hydrogen-bond donors (Lipinski definition) is 1. The molecule has 1 N–H and O–H groups in total. The summed E-state index contributed by atoms with van der Waals surface area (Å²) in [5.41, 5.74) is 1.52. The fourth-order valence-corrected chi connectivity index (χ4v) is 2.54. The van der Waals surface area contributed by atoms with Gasteiger partial charge in [0.15, 0.2) is 5.69 Å².